The minimum absolute atomic E-state index is 0.0794. The molecule has 1 heterocycles. The van der Waals surface area contributed by atoms with Crippen molar-refractivity contribution >= 4 is 28.5 Å². The van der Waals surface area contributed by atoms with E-state index in [1.165, 1.54) is 11.8 Å². The molecule has 0 unspecified atom stereocenters. The normalized spacial score (nSPS) is 18.5. The monoisotopic (exact) mass is 370 g/mol. The molecule has 0 saturated carbocycles. The zero-order valence-electron chi connectivity index (χ0n) is 15.4. The Hall–Kier alpha value is -2.47. The lowest BCUT2D eigenvalue weighted by Crippen LogP contribution is -2.28. The topological polar surface area (TPSA) is 51.1 Å². The third kappa shape index (κ3) is 3.85. The summed E-state index contributed by atoms with van der Waals surface area (Å²) in [6.45, 7) is 2.01. The molecule has 26 heavy (non-hydrogen) atoms. The van der Waals surface area contributed by atoms with Crippen molar-refractivity contribution in [3.8, 4) is 11.5 Å². The Labute approximate surface area is 158 Å². The highest BCUT2D eigenvalue weighted by Gasteiger charge is 2.35. The van der Waals surface area contributed by atoms with Gasteiger partial charge < -0.3 is 9.47 Å². The van der Waals surface area contributed by atoms with E-state index in [0.717, 1.165) is 33.5 Å². The van der Waals surface area contributed by atoms with Crippen LogP contribution in [-0.4, -0.2) is 42.5 Å². The molecule has 0 aromatic heterocycles. The second-order valence-corrected chi connectivity index (χ2v) is 7.27. The summed E-state index contributed by atoms with van der Waals surface area (Å²) in [6, 6.07) is 13.5. The first-order valence-electron chi connectivity index (χ1n) is 8.32. The SMILES string of the molecule is COc1ccc(N=C2S[C@H](Cc3ccc(OC)c(C)c3)C(=O)N2C)cc1. The van der Waals surface area contributed by atoms with E-state index in [9.17, 15) is 4.79 Å². The highest BCUT2D eigenvalue weighted by Crippen LogP contribution is 2.32. The predicted molar refractivity (Wildman–Crippen MR) is 106 cm³/mol. The van der Waals surface area contributed by atoms with Crippen LogP contribution < -0.4 is 9.47 Å². The van der Waals surface area contributed by atoms with E-state index >= 15 is 0 Å². The highest BCUT2D eigenvalue weighted by molar-refractivity contribution is 8.15. The molecular formula is C20H22N2O3S. The number of aliphatic imine (C=N–C) groups is 1. The molecule has 0 radical (unpaired) electrons. The highest BCUT2D eigenvalue weighted by atomic mass is 32.2. The number of hydrogen-bond acceptors (Lipinski definition) is 5. The van der Waals surface area contributed by atoms with Crippen LogP contribution >= 0.6 is 11.8 Å². The van der Waals surface area contributed by atoms with Gasteiger partial charge in [0.15, 0.2) is 5.17 Å². The number of amides is 1. The van der Waals surface area contributed by atoms with Crippen LogP contribution in [-0.2, 0) is 11.2 Å². The number of hydrogen-bond donors (Lipinski definition) is 0. The van der Waals surface area contributed by atoms with Gasteiger partial charge in [-0.15, -0.1) is 0 Å². The quantitative estimate of drug-likeness (QED) is 0.803. The van der Waals surface area contributed by atoms with Crippen molar-refractivity contribution in [2.75, 3.05) is 21.3 Å². The van der Waals surface area contributed by atoms with Crippen LogP contribution in [0.3, 0.4) is 0 Å². The Morgan fingerprint density at radius 2 is 1.85 bits per heavy atom. The van der Waals surface area contributed by atoms with Gasteiger partial charge in [-0.3, -0.25) is 9.69 Å². The molecule has 1 aliphatic rings. The third-order valence-electron chi connectivity index (χ3n) is 4.32. The molecule has 5 nitrogen and oxygen atoms in total. The summed E-state index contributed by atoms with van der Waals surface area (Å²) in [4.78, 5) is 18.8. The number of benzene rings is 2. The molecule has 136 valence electrons. The molecule has 1 saturated heterocycles. The van der Waals surface area contributed by atoms with Gasteiger partial charge in [0.2, 0.25) is 5.91 Å². The summed E-state index contributed by atoms with van der Waals surface area (Å²) >= 11 is 1.51. The maximum Gasteiger partial charge on any atom is 0.242 e. The molecule has 0 spiro atoms. The smallest absolute Gasteiger partial charge is 0.242 e. The number of ether oxygens (including phenoxy) is 2. The van der Waals surface area contributed by atoms with Crippen LogP contribution in [0.5, 0.6) is 11.5 Å². The maximum absolute atomic E-state index is 12.6. The number of aryl methyl sites for hydroxylation is 1. The lowest BCUT2D eigenvalue weighted by molar-refractivity contribution is -0.125. The molecule has 1 amide bonds. The van der Waals surface area contributed by atoms with E-state index in [2.05, 4.69) is 11.1 Å². The van der Waals surface area contributed by atoms with Gasteiger partial charge in [-0.1, -0.05) is 23.9 Å². The second-order valence-electron chi connectivity index (χ2n) is 6.10. The van der Waals surface area contributed by atoms with E-state index < -0.39 is 0 Å². The molecule has 0 bridgehead atoms. The number of carbonyl (C=O) groups is 1. The fourth-order valence-electron chi connectivity index (χ4n) is 2.85. The molecule has 1 atom stereocenters. The molecule has 1 aliphatic heterocycles. The van der Waals surface area contributed by atoms with E-state index in [1.807, 2.05) is 43.3 Å². The van der Waals surface area contributed by atoms with Gasteiger partial charge >= 0.3 is 0 Å². The number of amidine groups is 1. The van der Waals surface area contributed by atoms with E-state index in [1.54, 1.807) is 26.2 Å². The van der Waals surface area contributed by atoms with Crippen LogP contribution in [0.15, 0.2) is 47.5 Å². The Balaban J connectivity index is 1.75. The Kier molecular flexibility index (Phi) is 5.52. The van der Waals surface area contributed by atoms with Crippen LogP contribution in [0.4, 0.5) is 5.69 Å². The predicted octanol–water partition coefficient (Wildman–Crippen LogP) is 3.82. The van der Waals surface area contributed by atoms with Crippen molar-refractivity contribution in [2.24, 2.45) is 4.99 Å². The first-order chi connectivity index (χ1) is 12.5. The summed E-state index contributed by atoms with van der Waals surface area (Å²) in [5.74, 6) is 1.72. The van der Waals surface area contributed by atoms with E-state index in [4.69, 9.17) is 9.47 Å². The Bertz CT molecular complexity index is 833. The van der Waals surface area contributed by atoms with Crippen LogP contribution in [0.25, 0.3) is 0 Å². The van der Waals surface area contributed by atoms with Crippen molar-refractivity contribution in [1.29, 1.82) is 0 Å². The van der Waals surface area contributed by atoms with E-state index in [-0.39, 0.29) is 11.2 Å². The van der Waals surface area contributed by atoms with Crippen LogP contribution in [0.1, 0.15) is 11.1 Å². The fourth-order valence-corrected chi connectivity index (χ4v) is 4.04. The van der Waals surface area contributed by atoms with Gasteiger partial charge in [0.05, 0.1) is 25.2 Å². The maximum atomic E-state index is 12.6. The summed E-state index contributed by atoms with van der Waals surface area (Å²) in [5, 5.41) is 0.556. The van der Waals surface area contributed by atoms with Crippen molar-refractivity contribution in [3.63, 3.8) is 0 Å². The van der Waals surface area contributed by atoms with Crippen molar-refractivity contribution in [3.05, 3.63) is 53.6 Å². The summed E-state index contributed by atoms with van der Waals surface area (Å²) in [7, 11) is 5.07. The molecular weight excluding hydrogens is 348 g/mol. The zero-order chi connectivity index (χ0) is 18.7. The fraction of sp³-hybridized carbons (Fsp3) is 0.300. The molecule has 3 rings (SSSR count). The lowest BCUT2D eigenvalue weighted by Gasteiger charge is -2.10. The molecule has 2 aromatic rings. The summed E-state index contributed by atoms with van der Waals surface area (Å²) in [5.41, 5.74) is 2.99. The number of nitrogens with zero attached hydrogens (tertiary/aromatic N) is 2. The largest absolute Gasteiger partial charge is 0.497 e. The van der Waals surface area contributed by atoms with Crippen molar-refractivity contribution < 1.29 is 14.3 Å². The van der Waals surface area contributed by atoms with Crippen LogP contribution in [0.2, 0.25) is 0 Å². The number of carbonyl (C=O) groups excluding carboxylic acids is 1. The average molecular weight is 370 g/mol. The van der Waals surface area contributed by atoms with Gasteiger partial charge in [-0.25, -0.2) is 4.99 Å². The Morgan fingerprint density at radius 3 is 2.46 bits per heavy atom. The molecule has 2 aromatic carbocycles. The Morgan fingerprint density at radius 1 is 1.12 bits per heavy atom. The number of thioether (sulfide) groups is 1. The number of rotatable bonds is 5. The van der Waals surface area contributed by atoms with Crippen molar-refractivity contribution in [1.82, 2.24) is 4.90 Å². The van der Waals surface area contributed by atoms with Gasteiger partial charge in [0.25, 0.3) is 0 Å². The van der Waals surface area contributed by atoms with E-state index in [0.29, 0.717) is 6.42 Å². The molecule has 0 aliphatic carbocycles. The first kappa shape index (κ1) is 18.3. The minimum Gasteiger partial charge on any atom is -0.497 e. The average Bonchev–Trinajstić information content (AvgIpc) is 2.90. The minimum atomic E-state index is -0.162. The zero-order valence-corrected chi connectivity index (χ0v) is 16.2. The standard InChI is InChI=1S/C20H22N2O3S/c1-13-11-14(5-10-17(13)25-4)12-18-19(23)22(2)20(26-18)21-15-6-8-16(24-3)9-7-15/h5-11,18H,12H2,1-4H3/t18-/m1/s1. The number of methoxy groups -OCH3 is 2. The first-order valence-corrected chi connectivity index (χ1v) is 9.20. The van der Waals surface area contributed by atoms with Gasteiger partial charge in [-0.2, -0.15) is 0 Å². The van der Waals surface area contributed by atoms with Gasteiger partial charge in [-0.05, 0) is 54.8 Å². The molecule has 6 heteroatoms. The molecule has 1 fully saturated rings. The summed E-state index contributed by atoms with van der Waals surface area (Å²) < 4.78 is 10.5. The second kappa shape index (κ2) is 7.83. The molecule has 0 N–H and O–H groups in total. The van der Waals surface area contributed by atoms with Gasteiger partial charge in [0, 0.05) is 7.05 Å². The summed E-state index contributed by atoms with van der Waals surface area (Å²) in [6.07, 6.45) is 0.667. The third-order valence-corrected chi connectivity index (χ3v) is 5.55. The van der Waals surface area contributed by atoms with Crippen LogP contribution in [0, 0.1) is 6.92 Å². The van der Waals surface area contributed by atoms with Gasteiger partial charge in [0.1, 0.15) is 11.5 Å². The lowest BCUT2D eigenvalue weighted by atomic mass is 10.1. The van der Waals surface area contributed by atoms with Crippen molar-refractivity contribution in [2.45, 2.75) is 18.6 Å².